The van der Waals surface area contributed by atoms with E-state index in [2.05, 4.69) is 5.32 Å². The number of ether oxygens (including phenoxy) is 2. The van der Waals surface area contributed by atoms with E-state index in [9.17, 15) is 9.59 Å². The molecule has 38 heavy (non-hydrogen) atoms. The van der Waals surface area contributed by atoms with Gasteiger partial charge in [0.2, 0.25) is 5.88 Å². The Bertz CT molecular complexity index is 1280. The Balaban J connectivity index is 1.31. The van der Waals surface area contributed by atoms with Crippen LogP contribution >= 0.6 is 11.6 Å². The molecule has 0 saturated heterocycles. The summed E-state index contributed by atoms with van der Waals surface area (Å²) in [4.78, 5) is 32.6. The van der Waals surface area contributed by atoms with Crippen LogP contribution in [0.2, 0.25) is 5.02 Å². The lowest BCUT2D eigenvalue weighted by Crippen LogP contribution is -2.47. The zero-order valence-corrected chi connectivity index (χ0v) is 22.3. The highest BCUT2D eigenvalue weighted by atomic mass is 35.5. The molecule has 5 rings (SSSR count). The zero-order chi connectivity index (χ0) is 26.5. The van der Waals surface area contributed by atoms with E-state index >= 15 is 0 Å². The molecular weight excluding hydrogens is 504 g/mol. The molecule has 200 valence electrons. The lowest BCUT2D eigenvalue weighted by atomic mass is 9.92. The van der Waals surface area contributed by atoms with Crippen molar-refractivity contribution in [2.45, 2.75) is 70.2 Å². The first-order chi connectivity index (χ1) is 18.5. The van der Waals surface area contributed by atoms with Gasteiger partial charge in [0.15, 0.2) is 5.82 Å². The van der Waals surface area contributed by atoms with Crippen molar-refractivity contribution in [2.24, 2.45) is 0 Å². The lowest BCUT2D eigenvalue weighted by Gasteiger charge is -2.32. The van der Waals surface area contributed by atoms with E-state index in [-0.39, 0.29) is 23.9 Å². The highest BCUT2D eigenvalue weighted by molar-refractivity contribution is 6.31. The van der Waals surface area contributed by atoms with Crippen molar-refractivity contribution in [3.8, 4) is 5.88 Å². The largest absolute Gasteiger partial charge is 0.414 e. The van der Waals surface area contributed by atoms with Crippen molar-refractivity contribution in [3.63, 3.8) is 0 Å². The number of nitrogens with one attached hydrogen (secondary N) is 1. The Kier molecular flexibility index (Phi) is 8.29. The molecule has 2 aromatic carbocycles. The monoisotopic (exact) mass is 536 g/mol. The summed E-state index contributed by atoms with van der Waals surface area (Å²) in [7, 11) is 1.64. The molecule has 0 bridgehead atoms. The topological polar surface area (TPSA) is 85.7 Å². The van der Waals surface area contributed by atoms with Gasteiger partial charge < -0.3 is 14.8 Å². The number of hydrogen-bond donors (Lipinski definition) is 1. The van der Waals surface area contributed by atoms with Crippen LogP contribution in [0, 0.1) is 0 Å². The Morgan fingerprint density at radius 1 is 1.08 bits per heavy atom. The second kappa shape index (κ2) is 12.0. The van der Waals surface area contributed by atoms with Gasteiger partial charge in [0, 0.05) is 30.6 Å². The van der Waals surface area contributed by atoms with Crippen LogP contribution in [0.4, 0.5) is 10.6 Å². The molecule has 9 heteroatoms. The molecule has 1 aliphatic heterocycles. The summed E-state index contributed by atoms with van der Waals surface area (Å²) in [5.41, 5.74) is 1.53. The van der Waals surface area contributed by atoms with E-state index in [0.29, 0.717) is 29.6 Å². The van der Waals surface area contributed by atoms with E-state index in [1.165, 1.54) is 4.90 Å². The summed E-state index contributed by atoms with van der Waals surface area (Å²) in [6.45, 7) is 1.17. The molecule has 1 N–H and O–H groups in total. The summed E-state index contributed by atoms with van der Waals surface area (Å²) < 4.78 is 14.0. The molecule has 2 unspecified atom stereocenters. The maximum atomic E-state index is 13.2. The summed E-state index contributed by atoms with van der Waals surface area (Å²) in [5, 5.41) is 3.51. The van der Waals surface area contributed by atoms with Crippen LogP contribution in [0.5, 0.6) is 5.88 Å². The Morgan fingerprint density at radius 3 is 2.71 bits per heavy atom. The summed E-state index contributed by atoms with van der Waals surface area (Å²) in [5.74, 6) is 1.13. The molecular formula is C29H33ClN4O4. The smallest absolute Gasteiger partial charge is 0.389 e. The fourth-order valence-electron chi connectivity index (χ4n) is 5.18. The van der Waals surface area contributed by atoms with Crippen molar-refractivity contribution in [3.05, 3.63) is 76.6 Å². The van der Waals surface area contributed by atoms with Gasteiger partial charge in [-0.1, -0.05) is 60.8 Å². The molecule has 1 aliphatic carbocycles. The number of fused-ring (bicyclic) bond motifs is 1. The molecule has 3 aromatic rings. The number of rotatable bonds is 7. The van der Waals surface area contributed by atoms with E-state index in [0.717, 1.165) is 56.3 Å². The average Bonchev–Trinajstić information content (AvgIpc) is 3.30. The first-order valence-electron chi connectivity index (χ1n) is 13.3. The maximum Gasteiger partial charge on any atom is 0.414 e. The van der Waals surface area contributed by atoms with E-state index in [1.807, 2.05) is 34.9 Å². The van der Waals surface area contributed by atoms with Gasteiger partial charge >= 0.3 is 6.09 Å². The Morgan fingerprint density at radius 2 is 1.89 bits per heavy atom. The third kappa shape index (κ3) is 6.03. The highest BCUT2D eigenvalue weighted by Crippen LogP contribution is 2.33. The van der Waals surface area contributed by atoms with Crippen LogP contribution in [0.15, 0.2) is 54.6 Å². The number of imidazole rings is 1. The number of aromatic nitrogens is 2. The molecule has 0 spiro atoms. The van der Waals surface area contributed by atoms with E-state index in [4.69, 9.17) is 26.1 Å². The number of amides is 2. The molecule has 2 atom stereocenters. The fraction of sp³-hybridized carbons (Fsp3) is 0.414. The summed E-state index contributed by atoms with van der Waals surface area (Å²) in [6, 6.07) is 16.6. The third-order valence-electron chi connectivity index (χ3n) is 7.21. The highest BCUT2D eigenvalue weighted by Gasteiger charge is 2.31. The zero-order valence-electron chi connectivity index (χ0n) is 21.6. The van der Waals surface area contributed by atoms with Crippen molar-refractivity contribution < 1.29 is 19.1 Å². The van der Waals surface area contributed by atoms with Crippen molar-refractivity contribution in [1.29, 1.82) is 0 Å². The van der Waals surface area contributed by atoms with Gasteiger partial charge in [-0.15, -0.1) is 0 Å². The number of hydrogen-bond acceptors (Lipinski definition) is 5. The average molecular weight is 537 g/mol. The van der Waals surface area contributed by atoms with Crippen LogP contribution in [-0.2, 0) is 24.3 Å². The van der Waals surface area contributed by atoms with Gasteiger partial charge in [0.05, 0.1) is 18.8 Å². The van der Waals surface area contributed by atoms with Crippen LogP contribution in [-0.4, -0.2) is 40.7 Å². The fourth-order valence-corrected chi connectivity index (χ4v) is 5.37. The third-order valence-corrected chi connectivity index (χ3v) is 7.45. The van der Waals surface area contributed by atoms with E-state index < -0.39 is 6.09 Å². The number of aryl methyl sites for hydroxylation is 1. The van der Waals surface area contributed by atoms with E-state index in [1.54, 1.807) is 31.3 Å². The standard InChI is InChI=1S/C29H33ClN4O4/c1-33(27(35)21-12-9-13-22(30)18-21)26-28(34-17-8-7-16-25(34)32-26)38-29(36)31-23-14-5-6-15-24(23)37-19-20-10-3-2-4-11-20/h2-4,9-13,18,23-24H,5-8,14-17,19H2,1H3,(H,31,36). The van der Waals surface area contributed by atoms with Gasteiger partial charge in [-0.05, 0) is 49.4 Å². The molecule has 0 radical (unpaired) electrons. The molecule has 2 amide bonds. The number of benzene rings is 2. The van der Waals surface area contributed by atoms with Crippen LogP contribution in [0.3, 0.4) is 0 Å². The SMILES string of the molecule is CN(C(=O)c1cccc(Cl)c1)c1nc2n(c1OC(=O)NC1CCCCC1OCc1ccccc1)CCCC2. The first kappa shape index (κ1) is 26.3. The van der Waals surface area contributed by atoms with Gasteiger partial charge in [-0.25, -0.2) is 9.78 Å². The molecule has 1 saturated carbocycles. The maximum absolute atomic E-state index is 13.2. The second-order valence-electron chi connectivity index (χ2n) is 9.90. The molecule has 1 fully saturated rings. The number of carbonyl (C=O) groups excluding carboxylic acids is 2. The lowest BCUT2D eigenvalue weighted by molar-refractivity contribution is -0.00415. The van der Waals surface area contributed by atoms with Crippen LogP contribution < -0.4 is 15.0 Å². The van der Waals surface area contributed by atoms with Crippen LogP contribution in [0.1, 0.15) is 60.3 Å². The van der Waals surface area contributed by atoms with Gasteiger partial charge in [0.1, 0.15) is 5.82 Å². The summed E-state index contributed by atoms with van der Waals surface area (Å²) >= 11 is 6.11. The molecule has 2 heterocycles. The predicted octanol–water partition coefficient (Wildman–Crippen LogP) is 5.77. The van der Waals surface area contributed by atoms with Crippen molar-refractivity contribution in [2.75, 3.05) is 11.9 Å². The predicted molar refractivity (Wildman–Crippen MR) is 146 cm³/mol. The normalized spacial score (nSPS) is 18.9. The minimum atomic E-state index is -0.566. The first-order valence-corrected chi connectivity index (χ1v) is 13.6. The minimum Gasteiger partial charge on any atom is -0.389 e. The molecule has 2 aliphatic rings. The quantitative estimate of drug-likeness (QED) is 0.414. The van der Waals surface area contributed by atoms with Gasteiger partial charge in [-0.2, -0.15) is 0 Å². The number of halogens is 1. The second-order valence-corrected chi connectivity index (χ2v) is 10.3. The number of carbonyl (C=O) groups is 2. The van der Waals surface area contributed by atoms with Gasteiger partial charge in [0.25, 0.3) is 5.91 Å². The number of nitrogens with zero attached hydrogens (tertiary/aromatic N) is 3. The minimum absolute atomic E-state index is 0.0950. The molecule has 1 aromatic heterocycles. The number of anilines is 1. The Labute approximate surface area is 227 Å². The van der Waals surface area contributed by atoms with Gasteiger partial charge in [-0.3, -0.25) is 14.3 Å². The van der Waals surface area contributed by atoms with Crippen molar-refractivity contribution >= 4 is 29.4 Å². The molecule has 8 nitrogen and oxygen atoms in total. The summed E-state index contributed by atoms with van der Waals surface area (Å²) in [6.07, 6.45) is 5.81. The van der Waals surface area contributed by atoms with Crippen LogP contribution in [0.25, 0.3) is 0 Å². The Hall–Kier alpha value is -3.36. The van der Waals surface area contributed by atoms with Crippen molar-refractivity contribution in [1.82, 2.24) is 14.9 Å².